The van der Waals surface area contributed by atoms with Crippen molar-refractivity contribution < 1.29 is 47.7 Å². The van der Waals surface area contributed by atoms with Crippen LogP contribution < -0.4 is 0 Å². The molecule has 0 aliphatic carbocycles. The van der Waals surface area contributed by atoms with Gasteiger partial charge in [0.1, 0.15) is 13.2 Å². The maximum atomic E-state index is 12.3. The zero-order valence-corrected chi connectivity index (χ0v) is 27.1. The minimum absolute atomic E-state index is 0.0713. The number of unbranched alkanes of at least 4 members (excludes halogenated alkanes) is 14. The Labute approximate surface area is 259 Å². The minimum atomic E-state index is -0.928. The Morgan fingerprint density at radius 2 is 0.721 bits per heavy atom. The molecule has 0 fully saturated rings. The first-order valence-corrected chi connectivity index (χ1v) is 16.5. The largest absolute Gasteiger partial charge is 0.469 e. The van der Waals surface area contributed by atoms with Crippen molar-refractivity contribution in [1.82, 2.24) is 0 Å². The van der Waals surface area contributed by atoms with Crippen LogP contribution in [0.15, 0.2) is 0 Å². The minimum Gasteiger partial charge on any atom is -0.469 e. The van der Waals surface area contributed by atoms with E-state index in [9.17, 15) is 24.0 Å². The van der Waals surface area contributed by atoms with Crippen LogP contribution in [-0.2, 0) is 47.7 Å². The van der Waals surface area contributed by atoms with E-state index in [2.05, 4.69) is 16.4 Å². The molecule has 43 heavy (non-hydrogen) atoms. The van der Waals surface area contributed by atoms with E-state index in [1.165, 1.54) is 78.4 Å². The van der Waals surface area contributed by atoms with Crippen molar-refractivity contribution in [2.75, 3.05) is 27.4 Å². The first kappa shape index (κ1) is 40.4. The van der Waals surface area contributed by atoms with Crippen molar-refractivity contribution in [1.29, 1.82) is 0 Å². The molecular weight excluding hydrogens is 556 g/mol. The molecule has 0 aliphatic heterocycles. The zero-order chi connectivity index (χ0) is 32.0. The van der Waals surface area contributed by atoms with Crippen LogP contribution in [0.3, 0.4) is 0 Å². The predicted octanol–water partition coefficient (Wildman–Crippen LogP) is 6.93. The number of hydrogen-bond donors (Lipinski definition) is 0. The molecule has 0 bridgehead atoms. The average molecular weight is 615 g/mol. The van der Waals surface area contributed by atoms with Gasteiger partial charge in [0.2, 0.25) is 0 Å². The van der Waals surface area contributed by atoms with Gasteiger partial charge in [0.15, 0.2) is 6.10 Å². The van der Waals surface area contributed by atoms with Gasteiger partial charge in [-0.25, -0.2) is 0 Å². The van der Waals surface area contributed by atoms with Crippen LogP contribution in [0.25, 0.3) is 0 Å². The fraction of sp³-hybridized carbons (Fsp3) is 0.848. The van der Waals surface area contributed by atoms with Crippen LogP contribution in [0.5, 0.6) is 0 Å². The Morgan fingerprint density at radius 3 is 1.09 bits per heavy atom. The van der Waals surface area contributed by atoms with E-state index in [0.29, 0.717) is 25.7 Å². The molecule has 0 amide bonds. The number of rotatable bonds is 29. The van der Waals surface area contributed by atoms with Crippen molar-refractivity contribution in [3.8, 4) is 0 Å². The van der Waals surface area contributed by atoms with Crippen LogP contribution in [0.2, 0.25) is 0 Å². The second kappa shape index (κ2) is 29.4. The van der Waals surface area contributed by atoms with Gasteiger partial charge in [-0.15, -0.1) is 0 Å². The zero-order valence-electron chi connectivity index (χ0n) is 27.1. The summed E-state index contributed by atoms with van der Waals surface area (Å²) in [6, 6.07) is 0. The second-order valence-electron chi connectivity index (χ2n) is 11.0. The van der Waals surface area contributed by atoms with Gasteiger partial charge in [0.25, 0.3) is 0 Å². The van der Waals surface area contributed by atoms with E-state index in [-0.39, 0.29) is 63.2 Å². The molecule has 0 aliphatic rings. The molecule has 0 N–H and O–H groups in total. The van der Waals surface area contributed by atoms with Gasteiger partial charge in [-0.2, -0.15) is 0 Å². The maximum Gasteiger partial charge on any atom is 0.306 e. The van der Waals surface area contributed by atoms with Crippen molar-refractivity contribution in [3.63, 3.8) is 0 Å². The average Bonchev–Trinajstić information content (AvgIpc) is 3.00. The van der Waals surface area contributed by atoms with Gasteiger partial charge in [0.05, 0.1) is 14.2 Å². The normalized spacial score (nSPS) is 11.4. The summed E-state index contributed by atoms with van der Waals surface area (Å²) < 4.78 is 25.1. The van der Waals surface area contributed by atoms with Crippen LogP contribution in [0, 0.1) is 0 Å². The van der Waals surface area contributed by atoms with Crippen LogP contribution in [-0.4, -0.2) is 63.4 Å². The lowest BCUT2D eigenvalue weighted by atomic mass is 10.0. The molecule has 250 valence electrons. The number of esters is 5. The second-order valence-corrected chi connectivity index (χ2v) is 11.0. The first-order chi connectivity index (χ1) is 20.8. The highest BCUT2D eigenvalue weighted by molar-refractivity contribution is 5.72. The number of methoxy groups -OCH3 is 2. The third-order valence-corrected chi connectivity index (χ3v) is 7.12. The van der Waals surface area contributed by atoms with Crippen LogP contribution in [0.1, 0.15) is 148 Å². The molecule has 0 aromatic carbocycles. The molecule has 10 nitrogen and oxygen atoms in total. The summed E-state index contributed by atoms with van der Waals surface area (Å²) in [7, 11) is 2.62. The lowest BCUT2D eigenvalue weighted by Crippen LogP contribution is -2.30. The van der Waals surface area contributed by atoms with Gasteiger partial charge < -0.3 is 23.7 Å². The quantitative estimate of drug-likeness (QED) is 0.0496. The predicted molar refractivity (Wildman–Crippen MR) is 163 cm³/mol. The highest BCUT2D eigenvalue weighted by atomic mass is 16.6. The van der Waals surface area contributed by atoms with E-state index < -0.39 is 18.0 Å². The van der Waals surface area contributed by atoms with Gasteiger partial charge in [0, 0.05) is 32.1 Å². The number of carbonyl (C=O) groups is 5. The third-order valence-electron chi connectivity index (χ3n) is 7.12. The summed E-state index contributed by atoms with van der Waals surface area (Å²) in [6.07, 6.45) is 17.6. The van der Waals surface area contributed by atoms with Crippen molar-refractivity contribution in [2.24, 2.45) is 0 Å². The molecule has 0 heterocycles. The molecule has 1 atom stereocenters. The highest BCUT2D eigenvalue weighted by Crippen LogP contribution is 2.13. The molecule has 0 rings (SSSR count). The molecule has 0 saturated carbocycles. The summed E-state index contributed by atoms with van der Waals surface area (Å²) in [5, 5.41) is 0. The summed E-state index contributed by atoms with van der Waals surface area (Å²) in [6.45, 7) is 1.79. The summed E-state index contributed by atoms with van der Waals surface area (Å²) in [5.41, 5.74) is 0. The van der Waals surface area contributed by atoms with E-state index in [1.807, 2.05) is 0 Å². The SMILES string of the molecule is CCCCCCCCCCCCCCCC(=O)OCC(COC(=O)CCCCC(=O)OC)OC(=O)CCCCC(=O)OC. The Morgan fingerprint density at radius 1 is 0.419 bits per heavy atom. The van der Waals surface area contributed by atoms with E-state index in [4.69, 9.17) is 14.2 Å². The van der Waals surface area contributed by atoms with Crippen LogP contribution in [0.4, 0.5) is 0 Å². The molecule has 0 saturated heterocycles. The fourth-order valence-electron chi connectivity index (χ4n) is 4.45. The third kappa shape index (κ3) is 27.9. The Bertz CT molecular complexity index is 752. The lowest BCUT2D eigenvalue weighted by Gasteiger charge is -2.18. The molecule has 1 unspecified atom stereocenters. The molecule has 0 aromatic heterocycles. The molecule has 0 aromatic rings. The van der Waals surface area contributed by atoms with Gasteiger partial charge in [-0.05, 0) is 32.1 Å². The van der Waals surface area contributed by atoms with E-state index in [0.717, 1.165) is 19.3 Å². The standard InChI is InChI=1S/C33H58O10/c1-4-5-6-7-8-9-10-11-12-13-14-15-16-23-31(36)41-26-28(43-33(38)25-20-18-22-30(35)40-3)27-42-32(37)24-19-17-21-29(34)39-2/h28H,4-27H2,1-3H3. The highest BCUT2D eigenvalue weighted by Gasteiger charge is 2.19. The van der Waals surface area contributed by atoms with Crippen LogP contribution >= 0.6 is 0 Å². The number of carbonyl (C=O) groups excluding carboxylic acids is 5. The van der Waals surface area contributed by atoms with Gasteiger partial charge in [-0.3, -0.25) is 24.0 Å². The van der Waals surface area contributed by atoms with Crippen molar-refractivity contribution >= 4 is 29.8 Å². The van der Waals surface area contributed by atoms with E-state index in [1.54, 1.807) is 0 Å². The van der Waals surface area contributed by atoms with Gasteiger partial charge >= 0.3 is 29.8 Å². The molecule has 0 radical (unpaired) electrons. The Balaban J connectivity index is 4.29. The number of ether oxygens (including phenoxy) is 5. The molecule has 10 heteroatoms. The first-order valence-electron chi connectivity index (χ1n) is 16.5. The topological polar surface area (TPSA) is 132 Å². The van der Waals surface area contributed by atoms with Gasteiger partial charge in [-0.1, -0.05) is 84.0 Å². The molecular formula is C33H58O10. The van der Waals surface area contributed by atoms with E-state index >= 15 is 0 Å². The summed E-state index contributed by atoms with van der Waals surface area (Å²) >= 11 is 0. The fourth-order valence-corrected chi connectivity index (χ4v) is 4.45. The van der Waals surface area contributed by atoms with Crippen molar-refractivity contribution in [3.05, 3.63) is 0 Å². The maximum absolute atomic E-state index is 12.3. The van der Waals surface area contributed by atoms with Crippen molar-refractivity contribution in [2.45, 2.75) is 154 Å². The Kier molecular flexibility index (Phi) is 27.6. The monoisotopic (exact) mass is 614 g/mol. The Hall–Kier alpha value is -2.65. The lowest BCUT2D eigenvalue weighted by molar-refractivity contribution is -0.167. The summed E-state index contributed by atoms with van der Waals surface area (Å²) in [5.74, 6) is -2.09. The smallest absolute Gasteiger partial charge is 0.306 e. The number of hydrogen-bond acceptors (Lipinski definition) is 10. The molecule has 0 spiro atoms. The summed E-state index contributed by atoms with van der Waals surface area (Å²) in [4.78, 5) is 59.1.